The van der Waals surface area contributed by atoms with Crippen molar-refractivity contribution in [3.8, 4) is 11.5 Å². The summed E-state index contributed by atoms with van der Waals surface area (Å²) in [6.45, 7) is 4.22. The Bertz CT molecular complexity index is 449. The van der Waals surface area contributed by atoms with E-state index in [1.165, 1.54) is 11.1 Å². The van der Waals surface area contributed by atoms with Gasteiger partial charge < -0.3 is 14.3 Å². The molecular formula is C14H16O3. The molecule has 1 unspecified atom stereocenters. The molecular weight excluding hydrogens is 216 g/mol. The van der Waals surface area contributed by atoms with Crippen molar-refractivity contribution in [2.24, 2.45) is 5.92 Å². The molecule has 1 aromatic carbocycles. The monoisotopic (exact) mass is 232 g/mol. The lowest BCUT2D eigenvalue weighted by Crippen LogP contribution is -1.94. The topological polar surface area (TPSA) is 35.5 Å². The number of rotatable bonds is 4. The zero-order valence-electron chi connectivity index (χ0n) is 10.1. The van der Waals surface area contributed by atoms with Crippen LogP contribution in [0.15, 0.2) is 29.8 Å². The molecule has 2 rings (SSSR count). The molecule has 90 valence electrons. The SMILES string of the molecule is CC(=CC(C)C=O)Cc1ccc2c(c1)OCO2. The Morgan fingerprint density at radius 2 is 2.18 bits per heavy atom. The summed E-state index contributed by atoms with van der Waals surface area (Å²) in [5, 5.41) is 0. The van der Waals surface area contributed by atoms with Crippen molar-refractivity contribution in [2.75, 3.05) is 6.79 Å². The van der Waals surface area contributed by atoms with Gasteiger partial charge in [-0.25, -0.2) is 0 Å². The zero-order chi connectivity index (χ0) is 12.3. The third-order valence-corrected chi connectivity index (χ3v) is 2.68. The number of carbonyl (C=O) groups excluding carboxylic acids is 1. The molecule has 0 aliphatic carbocycles. The molecule has 0 saturated carbocycles. The summed E-state index contributed by atoms with van der Waals surface area (Å²) in [6, 6.07) is 5.94. The fourth-order valence-corrected chi connectivity index (χ4v) is 1.92. The van der Waals surface area contributed by atoms with E-state index in [1.54, 1.807) is 0 Å². The number of carbonyl (C=O) groups is 1. The number of hydrogen-bond donors (Lipinski definition) is 0. The van der Waals surface area contributed by atoms with Gasteiger partial charge in [0.1, 0.15) is 6.29 Å². The summed E-state index contributed by atoms with van der Waals surface area (Å²) in [6.07, 6.45) is 3.76. The van der Waals surface area contributed by atoms with Crippen molar-refractivity contribution >= 4 is 6.29 Å². The molecule has 17 heavy (non-hydrogen) atoms. The van der Waals surface area contributed by atoms with Crippen molar-refractivity contribution in [3.05, 3.63) is 35.4 Å². The molecule has 0 saturated heterocycles. The molecule has 0 radical (unpaired) electrons. The molecule has 1 atom stereocenters. The second-order valence-electron chi connectivity index (χ2n) is 4.37. The molecule has 0 spiro atoms. The first kappa shape index (κ1) is 11.7. The molecule has 3 nitrogen and oxygen atoms in total. The fraction of sp³-hybridized carbons (Fsp3) is 0.357. The second kappa shape index (κ2) is 5.04. The summed E-state index contributed by atoms with van der Waals surface area (Å²) < 4.78 is 10.6. The van der Waals surface area contributed by atoms with Crippen LogP contribution < -0.4 is 9.47 Å². The van der Waals surface area contributed by atoms with E-state index in [-0.39, 0.29) is 5.92 Å². The number of hydrogen-bond acceptors (Lipinski definition) is 3. The van der Waals surface area contributed by atoms with Gasteiger partial charge in [0.15, 0.2) is 11.5 Å². The van der Waals surface area contributed by atoms with Gasteiger partial charge >= 0.3 is 0 Å². The van der Waals surface area contributed by atoms with Crippen LogP contribution in [-0.4, -0.2) is 13.1 Å². The number of ether oxygens (including phenoxy) is 2. The maximum Gasteiger partial charge on any atom is 0.231 e. The first-order chi connectivity index (χ1) is 8.19. The van der Waals surface area contributed by atoms with Crippen LogP contribution in [0.2, 0.25) is 0 Å². The van der Waals surface area contributed by atoms with Gasteiger partial charge in [-0.1, -0.05) is 24.6 Å². The maximum absolute atomic E-state index is 10.6. The van der Waals surface area contributed by atoms with Crippen LogP contribution in [0.1, 0.15) is 19.4 Å². The Morgan fingerprint density at radius 1 is 1.41 bits per heavy atom. The molecule has 0 fully saturated rings. The minimum absolute atomic E-state index is 0.0241. The van der Waals surface area contributed by atoms with Crippen LogP contribution in [0.4, 0.5) is 0 Å². The zero-order valence-corrected chi connectivity index (χ0v) is 10.1. The minimum Gasteiger partial charge on any atom is -0.454 e. The lowest BCUT2D eigenvalue weighted by Gasteiger charge is -2.05. The maximum atomic E-state index is 10.6. The van der Waals surface area contributed by atoms with Gasteiger partial charge in [-0.2, -0.15) is 0 Å². The van der Waals surface area contributed by atoms with Crippen LogP contribution in [0.3, 0.4) is 0 Å². The van der Waals surface area contributed by atoms with E-state index >= 15 is 0 Å². The highest BCUT2D eigenvalue weighted by Crippen LogP contribution is 2.33. The smallest absolute Gasteiger partial charge is 0.231 e. The summed E-state index contributed by atoms with van der Waals surface area (Å²) in [7, 11) is 0. The Kier molecular flexibility index (Phi) is 3.47. The van der Waals surface area contributed by atoms with Gasteiger partial charge in [0, 0.05) is 5.92 Å². The highest BCUT2D eigenvalue weighted by molar-refractivity contribution is 5.56. The van der Waals surface area contributed by atoms with E-state index in [0.717, 1.165) is 24.2 Å². The molecule has 0 aromatic heterocycles. The molecule has 1 aromatic rings. The molecule has 1 aliphatic heterocycles. The third kappa shape index (κ3) is 2.87. The Labute approximate surface area is 101 Å². The van der Waals surface area contributed by atoms with E-state index in [1.807, 2.05) is 38.1 Å². The molecule has 0 amide bonds. The van der Waals surface area contributed by atoms with E-state index < -0.39 is 0 Å². The molecule has 0 bridgehead atoms. The van der Waals surface area contributed by atoms with Gasteiger partial charge in [-0.15, -0.1) is 0 Å². The Morgan fingerprint density at radius 3 is 2.94 bits per heavy atom. The molecule has 1 aliphatic rings. The lowest BCUT2D eigenvalue weighted by molar-refractivity contribution is -0.109. The van der Waals surface area contributed by atoms with E-state index in [4.69, 9.17) is 9.47 Å². The summed E-state index contributed by atoms with van der Waals surface area (Å²) >= 11 is 0. The highest BCUT2D eigenvalue weighted by Gasteiger charge is 2.13. The summed E-state index contributed by atoms with van der Waals surface area (Å²) in [5.41, 5.74) is 2.35. The number of allylic oxidation sites excluding steroid dienone is 2. The van der Waals surface area contributed by atoms with Gasteiger partial charge in [-0.05, 0) is 31.0 Å². The predicted molar refractivity (Wildman–Crippen MR) is 65.3 cm³/mol. The summed E-state index contributed by atoms with van der Waals surface area (Å²) in [4.78, 5) is 10.6. The molecule has 0 N–H and O–H groups in total. The quantitative estimate of drug-likeness (QED) is 0.591. The number of benzene rings is 1. The Hall–Kier alpha value is -1.77. The van der Waals surface area contributed by atoms with Gasteiger partial charge in [0.25, 0.3) is 0 Å². The van der Waals surface area contributed by atoms with Gasteiger partial charge in [0.2, 0.25) is 6.79 Å². The van der Waals surface area contributed by atoms with Crippen molar-refractivity contribution in [1.82, 2.24) is 0 Å². The molecule has 1 heterocycles. The largest absolute Gasteiger partial charge is 0.454 e. The van der Waals surface area contributed by atoms with Gasteiger partial charge in [0.05, 0.1) is 0 Å². The van der Waals surface area contributed by atoms with Crippen molar-refractivity contribution in [1.29, 1.82) is 0 Å². The van der Waals surface area contributed by atoms with E-state index in [0.29, 0.717) is 6.79 Å². The van der Waals surface area contributed by atoms with Crippen LogP contribution in [-0.2, 0) is 11.2 Å². The highest BCUT2D eigenvalue weighted by atomic mass is 16.7. The average molecular weight is 232 g/mol. The fourth-order valence-electron chi connectivity index (χ4n) is 1.92. The average Bonchev–Trinajstić information content (AvgIpc) is 2.75. The normalized spacial score (nSPS) is 15.8. The Balaban J connectivity index is 2.09. The van der Waals surface area contributed by atoms with Crippen LogP contribution >= 0.6 is 0 Å². The summed E-state index contributed by atoms with van der Waals surface area (Å²) in [5.74, 6) is 1.58. The molecule has 3 heteroatoms. The lowest BCUT2D eigenvalue weighted by atomic mass is 10.0. The second-order valence-corrected chi connectivity index (χ2v) is 4.37. The first-order valence-electron chi connectivity index (χ1n) is 5.70. The van der Waals surface area contributed by atoms with E-state index in [2.05, 4.69) is 0 Å². The van der Waals surface area contributed by atoms with Crippen LogP contribution in [0.25, 0.3) is 0 Å². The van der Waals surface area contributed by atoms with E-state index in [9.17, 15) is 4.79 Å². The predicted octanol–water partition coefficient (Wildman–Crippen LogP) is 2.74. The van der Waals surface area contributed by atoms with Crippen molar-refractivity contribution < 1.29 is 14.3 Å². The van der Waals surface area contributed by atoms with Crippen molar-refractivity contribution in [2.45, 2.75) is 20.3 Å². The third-order valence-electron chi connectivity index (χ3n) is 2.68. The van der Waals surface area contributed by atoms with Crippen LogP contribution in [0, 0.1) is 5.92 Å². The van der Waals surface area contributed by atoms with Crippen LogP contribution in [0.5, 0.6) is 11.5 Å². The first-order valence-corrected chi connectivity index (χ1v) is 5.70. The van der Waals surface area contributed by atoms with Gasteiger partial charge in [-0.3, -0.25) is 0 Å². The number of fused-ring (bicyclic) bond motifs is 1. The van der Waals surface area contributed by atoms with Crippen molar-refractivity contribution in [3.63, 3.8) is 0 Å². The minimum atomic E-state index is -0.0241. The number of aldehydes is 1. The standard InChI is InChI=1S/C14H16O3/c1-10(5-11(2)8-15)6-12-3-4-13-14(7-12)17-9-16-13/h3-5,7-8,11H,6,9H2,1-2H3.